The zero-order valence-corrected chi connectivity index (χ0v) is 11.7. The lowest BCUT2D eigenvalue weighted by Gasteiger charge is -2.22. The van der Waals surface area contributed by atoms with Crippen molar-refractivity contribution in [2.45, 2.75) is 18.8 Å². The lowest BCUT2D eigenvalue weighted by atomic mass is 9.94. The van der Waals surface area contributed by atoms with Crippen LogP contribution in [-0.2, 0) is 0 Å². The molecule has 0 saturated heterocycles. The second kappa shape index (κ2) is 7.46. The standard InChI is InChI=1S/C15H26N2/c1-16(2)12-8-11-15(13-17(3)4)14-9-6-5-7-10-14/h5-7,9-10,15H,8,11-13H2,1-4H3. The summed E-state index contributed by atoms with van der Waals surface area (Å²) in [7, 11) is 8.59. The van der Waals surface area contributed by atoms with Gasteiger partial charge in [0.15, 0.2) is 0 Å². The van der Waals surface area contributed by atoms with E-state index in [1.807, 2.05) is 0 Å². The lowest BCUT2D eigenvalue weighted by molar-refractivity contribution is 0.338. The van der Waals surface area contributed by atoms with Gasteiger partial charge in [0.1, 0.15) is 0 Å². The van der Waals surface area contributed by atoms with Crippen LogP contribution in [0.5, 0.6) is 0 Å². The summed E-state index contributed by atoms with van der Waals surface area (Å²) in [6, 6.07) is 10.9. The first kappa shape index (κ1) is 14.2. The second-order valence-corrected chi connectivity index (χ2v) is 5.32. The van der Waals surface area contributed by atoms with Crippen molar-refractivity contribution < 1.29 is 0 Å². The van der Waals surface area contributed by atoms with Gasteiger partial charge in [-0.1, -0.05) is 30.3 Å². The molecule has 0 amide bonds. The van der Waals surface area contributed by atoms with Gasteiger partial charge in [-0.05, 0) is 59.1 Å². The summed E-state index contributed by atoms with van der Waals surface area (Å²) in [5.41, 5.74) is 1.47. The number of likely N-dealkylation sites (N-methyl/N-ethyl adjacent to an activating group) is 1. The van der Waals surface area contributed by atoms with Crippen molar-refractivity contribution in [2.24, 2.45) is 0 Å². The molecule has 0 fully saturated rings. The average molecular weight is 234 g/mol. The van der Waals surface area contributed by atoms with Crippen LogP contribution in [-0.4, -0.2) is 51.1 Å². The zero-order chi connectivity index (χ0) is 12.7. The molecule has 0 bridgehead atoms. The first-order chi connectivity index (χ1) is 8.09. The van der Waals surface area contributed by atoms with Gasteiger partial charge in [0.25, 0.3) is 0 Å². The van der Waals surface area contributed by atoms with Crippen molar-refractivity contribution in [1.29, 1.82) is 0 Å². The monoisotopic (exact) mass is 234 g/mol. The molecule has 0 aliphatic rings. The highest BCUT2D eigenvalue weighted by molar-refractivity contribution is 5.19. The quantitative estimate of drug-likeness (QED) is 0.715. The van der Waals surface area contributed by atoms with Gasteiger partial charge < -0.3 is 9.80 Å². The molecule has 0 aromatic heterocycles. The Hall–Kier alpha value is -0.860. The van der Waals surface area contributed by atoms with E-state index in [9.17, 15) is 0 Å². The minimum Gasteiger partial charge on any atom is -0.309 e. The molecular weight excluding hydrogens is 208 g/mol. The lowest BCUT2D eigenvalue weighted by Crippen LogP contribution is -2.21. The third kappa shape index (κ3) is 5.85. The molecule has 0 aliphatic heterocycles. The Labute approximate surface area is 106 Å². The molecule has 96 valence electrons. The van der Waals surface area contributed by atoms with Gasteiger partial charge in [0.2, 0.25) is 0 Å². The Kier molecular flexibility index (Phi) is 6.23. The Morgan fingerprint density at radius 2 is 1.59 bits per heavy atom. The van der Waals surface area contributed by atoms with E-state index in [0.717, 1.165) is 6.54 Å². The van der Waals surface area contributed by atoms with E-state index in [4.69, 9.17) is 0 Å². The summed E-state index contributed by atoms with van der Waals surface area (Å²) in [6.07, 6.45) is 2.53. The van der Waals surface area contributed by atoms with Gasteiger partial charge in [0, 0.05) is 6.54 Å². The molecule has 1 aromatic carbocycles. The van der Waals surface area contributed by atoms with Crippen LogP contribution in [0.15, 0.2) is 30.3 Å². The van der Waals surface area contributed by atoms with Crippen molar-refractivity contribution >= 4 is 0 Å². The predicted molar refractivity (Wildman–Crippen MR) is 75.5 cm³/mol. The highest BCUT2D eigenvalue weighted by Crippen LogP contribution is 2.21. The van der Waals surface area contributed by atoms with E-state index < -0.39 is 0 Å². The largest absolute Gasteiger partial charge is 0.309 e. The maximum absolute atomic E-state index is 2.29. The van der Waals surface area contributed by atoms with Gasteiger partial charge >= 0.3 is 0 Å². The smallest absolute Gasteiger partial charge is 0.00442 e. The van der Waals surface area contributed by atoms with Crippen molar-refractivity contribution in [3.63, 3.8) is 0 Å². The molecule has 1 atom stereocenters. The van der Waals surface area contributed by atoms with E-state index in [-0.39, 0.29) is 0 Å². The fraction of sp³-hybridized carbons (Fsp3) is 0.600. The first-order valence-corrected chi connectivity index (χ1v) is 6.44. The number of hydrogen-bond acceptors (Lipinski definition) is 2. The van der Waals surface area contributed by atoms with E-state index >= 15 is 0 Å². The van der Waals surface area contributed by atoms with Gasteiger partial charge in [0.05, 0.1) is 0 Å². The maximum atomic E-state index is 2.29. The second-order valence-electron chi connectivity index (χ2n) is 5.32. The maximum Gasteiger partial charge on any atom is 0.00442 e. The normalized spacial score (nSPS) is 13.3. The molecule has 2 heteroatoms. The highest BCUT2D eigenvalue weighted by Gasteiger charge is 2.12. The highest BCUT2D eigenvalue weighted by atomic mass is 15.1. The molecule has 1 aromatic rings. The Bertz CT molecular complexity index is 293. The fourth-order valence-electron chi connectivity index (χ4n) is 2.18. The van der Waals surface area contributed by atoms with Crippen molar-refractivity contribution in [3.05, 3.63) is 35.9 Å². The molecule has 0 heterocycles. The van der Waals surface area contributed by atoms with Crippen LogP contribution in [0.4, 0.5) is 0 Å². The van der Waals surface area contributed by atoms with Crippen LogP contribution in [0.25, 0.3) is 0 Å². The van der Waals surface area contributed by atoms with Gasteiger partial charge in [-0.25, -0.2) is 0 Å². The summed E-state index contributed by atoms with van der Waals surface area (Å²) in [6.45, 7) is 2.31. The van der Waals surface area contributed by atoms with Crippen LogP contribution in [0, 0.1) is 0 Å². The van der Waals surface area contributed by atoms with Crippen LogP contribution >= 0.6 is 0 Å². The molecule has 0 N–H and O–H groups in total. The zero-order valence-electron chi connectivity index (χ0n) is 11.7. The summed E-state index contributed by atoms with van der Waals surface area (Å²) in [5.74, 6) is 0.658. The Morgan fingerprint density at radius 1 is 0.941 bits per heavy atom. The summed E-state index contributed by atoms with van der Waals surface area (Å²) in [4.78, 5) is 4.55. The number of rotatable bonds is 7. The summed E-state index contributed by atoms with van der Waals surface area (Å²) in [5, 5.41) is 0. The number of hydrogen-bond donors (Lipinski definition) is 0. The van der Waals surface area contributed by atoms with Gasteiger partial charge in [-0.3, -0.25) is 0 Å². The van der Waals surface area contributed by atoms with Crippen LogP contribution < -0.4 is 0 Å². The minimum atomic E-state index is 0.658. The van der Waals surface area contributed by atoms with Crippen molar-refractivity contribution in [3.8, 4) is 0 Å². The molecule has 0 spiro atoms. The third-order valence-corrected chi connectivity index (χ3v) is 3.01. The van der Waals surface area contributed by atoms with Crippen LogP contribution in [0.1, 0.15) is 24.3 Å². The molecule has 0 saturated carbocycles. The molecule has 0 radical (unpaired) electrons. The van der Waals surface area contributed by atoms with Crippen molar-refractivity contribution in [1.82, 2.24) is 9.80 Å². The van der Waals surface area contributed by atoms with Gasteiger partial charge in [-0.15, -0.1) is 0 Å². The molecule has 1 unspecified atom stereocenters. The molecular formula is C15H26N2. The number of benzene rings is 1. The topological polar surface area (TPSA) is 6.48 Å². The van der Waals surface area contributed by atoms with E-state index in [1.54, 1.807) is 0 Å². The van der Waals surface area contributed by atoms with Crippen LogP contribution in [0.3, 0.4) is 0 Å². The van der Waals surface area contributed by atoms with Crippen molar-refractivity contribution in [2.75, 3.05) is 41.3 Å². The third-order valence-electron chi connectivity index (χ3n) is 3.01. The Morgan fingerprint density at radius 3 is 2.12 bits per heavy atom. The van der Waals surface area contributed by atoms with Crippen LogP contribution in [0.2, 0.25) is 0 Å². The fourth-order valence-corrected chi connectivity index (χ4v) is 2.18. The Balaban J connectivity index is 2.55. The molecule has 0 aliphatic carbocycles. The molecule has 17 heavy (non-hydrogen) atoms. The van der Waals surface area contributed by atoms with E-state index in [0.29, 0.717) is 5.92 Å². The minimum absolute atomic E-state index is 0.658. The summed E-state index contributed by atoms with van der Waals surface area (Å²) < 4.78 is 0. The van der Waals surface area contributed by atoms with Gasteiger partial charge in [-0.2, -0.15) is 0 Å². The van der Waals surface area contributed by atoms with E-state index in [1.165, 1.54) is 24.9 Å². The molecule has 2 nitrogen and oxygen atoms in total. The SMILES string of the molecule is CN(C)CCCC(CN(C)C)c1ccccc1. The first-order valence-electron chi connectivity index (χ1n) is 6.44. The number of nitrogens with zero attached hydrogens (tertiary/aromatic N) is 2. The summed E-state index contributed by atoms with van der Waals surface area (Å²) >= 11 is 0. The average Bonchev–Trinajstić information content (AvgIpc) is 2.28. The van der Waals surface area contributed by atoms with E-state index in [2.05, 4.69) is 68.3 Å². The predicted octanol–water partition coefficient (Wildman–Crippen LogP) is 2.67. The molecule has 1 rings (SSSR count).